The highest BCUT2D eigenvalue weighted by Gasteiger charge is 2.05. The summed E-state index contributed by atoms with van der Waals surface area (Å²) in [5.74, 6) is -0.258. The molecule has 0 aliphatic heterocycles. The van der Waals surface area contributed by atoms with E-state index in [0.717, 1.165) is 5.56 Å². The monoisotopic (exact) mass is 275 g/mol. The number of carboxylic acid groups (broad SMARTS) is 1. The molecule has 0 aliphatic carbocycles. The third-order valence-electron chi connectivity index (χ3n) is 2.54. The Hall–Kier alpha value is -2.21. The highest BCUT2D eigenvalue weighted by atomic mass is 32.1. The Balaban J connectivity index is 2.28. The predicted molar refractivity (Wildman–Crippen MR) is 74.6 cm³/mol. The van der Waals surface area contributed by atoms with E-state index in [1.54, 1.807) is 22.9 Å². The van der Waals surface area contributed by atoms with Gasteiger partial charge >= 0.3 is 5.97 Å². The van der Waals surface area contributed by atoms with Gasteiger partial charge in [0.25, 0.3) is 0 Å². The van der Waals surface area contributed by atoms with Gasteiger partial charge in [0.05, 0.1) is 12.1 Å². The Kier molecular flexibility index (Phi) is 3.91. The van der Waals surface area contributed by atoms with E-state index in [1.807, 2.05) is 25.1 Å². The van der Waals surface area contributed by atoms with Crippen molar-refractivity contribution in [2.45, 2.75) is 13.5 Å². The Morgan fingerprint density at radius 3 is 3.05 bits per heavy atom. The van der Waals surface area contributed by atoms with Gasteiger partial charge in [-0.05, 0) is 42.9 Å². The second kappa shape index (κ2) is 5.62. The van der Waals surface area contributed by atoms with Crippen LogP contribution < -0.4 is 0 Å². The van der Waals surface area contributed by atoms with E-state index in [0.29, 0.717) is 17.1 Å². The summed E-state index contributed by atoms with van der Waals surface area (Å²) in [6.07, 6.45) is 3.68. The molecule has 0 spiro atoms. The molecule has 19 heavy (non-hydrogen) atoms. The van der Waals surface area contributed by atoms with E-state index in [-0.39, 0.29) is 5.56 Å². The summed E-state index contributed by atoms with van der Waals surface area (Å²) in [6, 6.07) is 6.75. The lowest BCUT2D eigenvalue weighted by atomic mass is 10.1. The number of allylic oxidation sites excluding steroid dienone is 1. The van der Waals surface area contributed by atoms with Gasteiger partial charge in [-0.1, -0.05) is 18.2 Å². The van der Waals surface area contributed by atoms with Crippen LogP contribution in [0.4, 0.5) is 0 Å². The molecule has 0 amide bonds. The maximum Gasteiger partial charge on any atom is 0.335 e. The summed E-state index contributed by atoms with van der Waals surface area (Å²) in [4.78, 5) is 15.1. The topological polar surface area (TPSA) is 70.9 Å². The van der Waals surface area contributed by atoms with Crippen LogP contribution in [0, 0.1) is 4.77 Å². The van der Waals surface area contributed by atoms with Crippen molar-refractivity contribution in [3.05, 3.63) is 52.1 Å². The van der Waals surface area contributed by atoms with Crippen molar-refractivity contribution in [2.24, 2.45) is 0 Å². The molecule has 0 saturated carbocycles. The van der Waals surface area contributed by atoms with Gasteiger partial charge in [-0.2, -0.15) is 4.98 Å². The van der Waals surface area contributed by atoms with Crippen LogP contribution in [-0.4, -0.2) is 25.8 Å². The molecule has 2 rings (SSSR count). The van der Waals surface area contributed by atoms with Gasteiger partial charge in [-0.15, -0.1) is 0 Å². The Labute approximate surface area is 115 Å². The van der Waals surface area contributed by atoms with Crippen molar-refractivity contribution >= 4 is 24.3 Å². The summed E-state index contributed by atoms with van der Waals surface area (Å²) in [7, 11) is 0. The van der Waals surface area contributed by atoms with Crippen molar-refractivity contribution in [2.75, 3.05) is 0 Å². The van der Waals surface area contributed by atoms with Gasteiger partial charge in [-0.3, -0.25) is 9.78 Å². The van der Waals surface area contributed by atoms with Gasteiger partial charge in [0.2, 0.25) is 4.77 Å². The molecule has 0 aliphatic rings. The molecule has 98 valence electrons. The fourth-order valence-corrected chi connectivity index (χ4v) is 1.91. The molecule has 2 N–H and O–H groups in total. The van der Waals surface area contributed by atoms with Gasteiger partial charge in [0, 0.05) is 0 Å². The molecular formula is C13H13N3O2S. The van der Waals surface area contributed by atoms with Crippen molar-refractivity contribution in [3.8, 4) is 0 Å². The third kappa shape index (κ3) is 3.17. The normalized spacial score (nSPS) is 11.0. The molecule has 0 radical (unpaired) electrons. The number of aromatic nitrogens is 3. The standard InChI is InChI=1S/C13H13N3O2S/c1-2-4-11-14-13(19)16(15-11)8-9-5-3-6-10(7-9)12(17)18/h2-7H,8H2,1H3,(H,17,18)(H,14,15,19)/b4-2+. The van der Waals surface area contributed by atoms with Gasteiger partial charge in [0.15, 0.2) is 0 Å². The van der Waals surface area contributed by atoms with Crippen LogP contribution in [0.15, 0.2) is 30.3 Å². The van der Waals surface area contributed by atoms with Crippen LogP contribution in [-0.2, 0) is 6.54 Å². The number of carbonyl (C=O) groups is 1. The summed E-state index contributed by atoms with van der Waals surface area (Å²) in [6.45, 7) is 2.36. The first-order chi connectivity index (χ1) is 9.10. The number of hydrogen-bond acceptors (Lipinski definition) is 3. The second-order valence-electron chi connectivity index (χ2n) is 3.98. The first kappa shape index (κ1) is 13.2. The number of aromatic carboxylic acids is 1. The quantitative estimate of drug-likeness (QED) is 0.842. The molecule has 2 aromatic rings. The van der Waals surface area contributed by atoms with Crippen molar-refractivity contribution < 1.29 is 9.90 Å². The zero-order valence-electron chi connectivity index (χ0n) is 10.3. The summed E-state index contributed by atoms with van der Waals surface area (Å²) in [5.41, 5.74) is 1.11. The first-order valence-corrected chi connectivity index (χ1v) is 6.13. The highest BCUT2D eigenvalue weighted by Crippen LogP contribution is 2.08. The molecule has 0 saturated heterocycles. The van der Waals surface area contributed by atoms with E-state index < -0.39 is 5.97 Å². The first-order valence-electron chi connectivity index (χ1n) is 5.72. The number of aromatic amines is 1. The van der Waals surface area contributed by atoms with Gasteiger partial charge < -0.3 is 5.11 Å². The SMILES string of the molecule is C/C=C/c1nc(=S)n(Cc2cccc(C(=O)O)c2)[nH]1. The molecule has 0 bridgehead atoms. The Morgan fingerprint density at radius 2 is 2.37 bits per heavy atom. The van der Waals surface area contributed by atoms with E-state index >= 15 is 0 Å². The number of carboxylic acids is 1. The lowest BCUT2D eigenvalue weighted by Gasteiger charge is -2.03. The zero-order valence-corrected chi connectivity index (χ0v) is 11.1. The molecule has 5 nitrogen and oxygen atoms in total. The lowest BCUT2D eigenvalue weighted by molar-refractivity contribution is 0.0696. The van der Waals surface area contributed by atoms with E-state index in [9.17, 15) is 4.79 Å². The van der Waals surface area contributed by atoms with Gasteiger partial charge in [-0.25, -0.2) is 4.79 Å². The Morgan fingerprint density at radius 1 is 1.58 bits per heavy atom. The molecular weight excluding hydrogens is 262 g/mol. The Bertz CT molecular complexity index is 685. The number of H-pyrrole nitrogens is 1. The summed E-state index contributed by atoms with van der Waals surface area (Å²) >= 11 is 5.14. The van der Waals surface area contributed by atoms with Crippen LogP contribution >= 0.6 is 12.2 Å². The maximum absolute atomic E-state index is 10.9. The molecule has 6 heteroatoms. The zero-order chi connectivity index (χ0) is 13.8. The molecule has 0 fully saturated rings. The number of benzene rings is 1. The minimum atomic E-state index is -0.940. The van der Waals surface area contributed by atoms with Crippen molar-refractivity contribution in [1.29, 1.82) is 0 Å². The minimum absolute atomic E-state index is 0.261. The van der Waals surface area contributed by atoms with Crippen LogP contribution in [0.3, 0.4) is 0 Å². The fraction of sp³-hybridized carbons (Fsp3) is 0.154. The number of nitrogens with zero attached hydrogens (tertiary/aromatic N) is 2. The molecule has 1 heterocycles. The molecule has 0 atom stereocenters. The average Bonchev–Trinajstić information content (AvgIpc) is 2.70. The van der Waals surface area contributed by atoms with E-state index in [2.05, 4.69) is 10.1 Å². The highest BCUT2D eigenvalue weighted by molar-refractivity contribution is 7.71. The molecule has 0 unspecified atom stereocenters. The minimum Gasteiger partial charge on any atom is -0.478 e. The van der Waals surface area contributed by atoms with E-state index in [1.165, 1.54) is 0 Å². The smallest absolute Gasteiger partial charge is 0.335 e. The predicted octanol–water partition coefficient (Wildman–Crippen LogP) is 2.72. The van der Waals surface area contributed by atoms with E-state index in [4.69, 9.17) is 17.3 Å². The summed E-state index contributed by atoms with van der Waals surface area (Å²) < 4.78 is 2.14. The fourth-order valence-electron chi connectivity index (χ4n) is 1.70. The van der Waals surface area contributed by atoms with Crippen molar-refractivity contribution in [3.63, 3.8) is 0 Å². The second-order valence-corrected chi connectivity index (χ2v) is 4.35. The van der Waals surface area contributed by atoms with Crippen LogP contribution in [0.25, 0.3) is 6.08 Å². The number of nitrogens with one attached hydrogen (secondary N) is 1. The number of rotatable bonds is 4. The molecule has 1 aromatic carbocycles. The number of hydrogen-bond donors (Lipinski definition) is 2. The van der Waals surface area contributed by atoms with Crippen molar-refractivity contribution in [1.82, 2.24) is 14.8 Å². The third-order valence-corrected chi connectivity index (χ3v) is 2.85. The van der Waals surface area contributed by atoms with Gasteiger partial charge in [0.1, 0.15) is 5.82 Å². The molecule has 1 aromatic heterocycles. The lowest BCUT2D eigenvalue weighted by Crippen LogP contribution is -2.04. The summed E-state index contributed by atoms with van der Waals surface area (Å²) in [5, 5.41) is 12.0. The average molecular weight is 275 g/mol. The van der Waals surface area contributed by atoms with Crippen LogP contribution in [0.2, 0.25) is 0 Å². The maximum atomic E-state index is 10.9. The largest absolute Gasteiger partial charge is 0.478 e. The van der Waals surface area contributed by atoms with Crippen LogP contribution in [0.1, 0.15) is 28.7 Å². The van der Waals surface area contributed by atoms with Crippen LogP contribution in [0.5, 0.6) is 0 Å².